The van der Waals surface area contributed by atoms with E-state index in [1.807, 2.05) is 13.0 Å². The molecule has 4 rings (SSSR count). The highest BCUT2D eigenvalue weighted by Gasteiger charge is 2.41. The predicted molar refractivity (Wildman–Crippen MR) is 138 cm³/mol. The molecule has 0 amide bonds. The van der Waals surface area contributed by atoms with Crippen molar-refractivity contribution in [1.82, 2.24) is 5.32 Å². The van der Waals surface area contributed by atoms with Crippen LogP contribution in [0.2, 0.25) is 0 Å². The zero-order chi connectivity index (χ0) is 28.4. The van der Waals surface area contributed by atoms with Gasteiger partial charge in [0.2, 0.25) is 0 Å². The van der Waals surface area contributed by atoms with Gasteiger partial charge in [-0.15, -0.1) is 0 Å². The molecule has 0 saturated carbocycles. The van der Waals surface area contributed by atoms with E-state index >= 15 is 0 Å². The van der Waals surface area contributed by atoms with Gasteiger partial charge in [0.25, 0.3) is 0 Å². The fourth-order valence-corrected chi connectivity index (χ4v) is 4.86. The lowest BCUT2D eigenvalue weighted by Crippen LogP contribution is -2.47. The fourth-order valence-electron chi connectivity index (χ4n) is 4.86. The van der Waals surface area contributed by atoms with Crippen LogP contribution in [0.3, 0.4) is 0 Å². The summed E-state index contributed by atoms with van der Waals surface area (Å²) < 4.78 is 82.8. The molecule has 204 valence electrons. The summed E-state index contributed by atoms with van der Waals surface area (Å²) in [5.41, 5.74) is -0.704. The van der Waals surface area contributed by atoms with E-state index in [2.05, 4.69) is 5.32 Å². The molecule has 39 heavy (non-hydrogen) atoms. The summed E-state index contributed by atoms with van der Waals surface area (Å²) >= 11 is 0. The molecule has 0 aliphatic rings. The zero-order valence-electron chi connectivity index (χ0n) is 21.2. The summed E-state index contributed by atoms with van der Waals surface area (Å²) in [5.74, 6) is 0. The number of nitrogens with one attached hydrogen (secondary N) is 1. The van der Waals surface area contributed by atoms with Crippen LogP contribution in [0.15, 0.2) is 97.1 Å². The van der Waals surface area contributed by atoms with Gasteiger partial charge in [-0.3, -0.25) is 5.32 Å². The normalized spacial score (nSPS) is 13.4. The van der Waals surface area contributed by atoms with Crippen molar-refractivity contribution in [2.45, 2.75) is 44.4 Å². The van der Waals surface area contributed by atoms with Gasteiger partial charge in [0.15, 0.2) is 0 Å². The van der Waals surface area contributed by atoms with E-state index in [0.717, 1.165) is 35.4 Å². The molecule has 0 aromatic heterocycles. The number of hydrogen-bond donors (Lipinski definition) is 2. The minimum atomic E-state index is -4.69. The van der Waals surface area contributed by atoms with E-state index in [1.165, 1.54) is 24.3 Å². The molecule has 0 aliphatic heterocycles. The standard InChI is InChI=1S/C31H27F6NO/c1-20-14-15-27(21(2)16-20)28(39)38-29(19-22-8-4-3-5-9-22,23-10-6-12-25(17-23)30(32,33)34)24-11-7-13-26(18-24)31(35,36)37/h3-18,28,38-39H,19H2,1-2H3. The van der Waals surface area contributed by atoms with Gasteiger partial charge in [0, 0.05) is 0 Å². The second kappa shape index (κ2) is 10.9. The molecule has 2 nitrogen and oxygen atoms in total. The van der Waals surface area contributed by atoms with Crippen LogP contribution in [-0.2, 0) is 24.3 Å². The Morgan fingerprint density at radius 2 is 1.15 bits per heavy atom. The Hall–Kier alpha value is -3.62. The van der Waals surface area contributed by atoms with Crippen molar-refractivity contribution in [3.63, 3.8) is 0 Å². The van der Waals surface area contributed by atoms with E-state index in [0.29, 0.717) is 11.1 Å². The van der Waals surface area contributed by atoms with Gasteiger partial charge in [-0.05, 0) is 72.4 Å². The average molecular weight is 544 g/mol. The second-order valence-electron chi connectivity index (χ2n) is 9.63. The van der Waals surface area contributed by atoms with Crippen LogP contribution in [0.4, 0.5) is 26.3 Å². The highest BCUT2D eigenvalue weighted by Crippen LogP contribution is 2.41. The van der Waals surface area contributed by atoms with Crippen molar-refractivity contribution in [1.29, 1.82) is 0 Å². The summed E-state index contributed by atoms with van der Waals surface area (Å²) in [6.45, 7) is 3.65. The largest absolute Gasteiger partial charge is 0.416 e. The molecular formula is C31H27F6NO. The maximum Gasteiger partial charge on any atom is 0.416 e. The molecule has 0 heterocycles. The molecule has 1 unspecified atom stereocenters. The van der Waals surface area contributed by atoms with E-state index in [-0.39, 0.29) is 17.5 Å². The van der Waals surface area contributed by atoms with Gasteiger partial charge in [0.1, 0.15) is 6.23 Å². The minimum absolute atomic E-state index is 0.0432. The van der Waals surface area contributed by atoms with E-state index in [1.54, 1.807) is 49.4 Å². The first-order valence-corrected chi connectivity index (χ1v) is 12.2. The Balaban J connectivity index is 2.00. The molecule has 0 aliphatic carbocycles. The van der Waals surface area contributed by atoms with Crippen LogP contribution in [0.1, 0.15) is 50.7 Å². The van der Waals surface area contributed by atoms with Crippen molar-refractivity contribution in [2.75, 3.05) is 0 Å². The third kappa shape index (κ3) is 6.34. The lowest BCUT2D eigenvalue weighted by molar-refractivity contribution is -0.138. The fraction of sp³-hybridized carbons (Fsp3) is 0.226. The third-order valence-electron chi connectivity index (χ3n) is 6.78. The van der Waals surface area contributed by atoms with Crippen molar-refractivity contribution in [3.8, 4) is 0 Å². The number of hydrogen-bond acceptors (Lipinski definition) is 2. The number of halogens is 6. The van der Waals surface area contributed by atoms with Crippen LogP contribution >= 0.6 is 0 Å². The lowest BCUT2D eigenvalue weighted by Gasteiger charge is -2.39. The molecule has 0 spiro atoms. The Labute approximate surface area is 222 Å². The number of aryl methyl sites for hydroxylation is 2. The highest BCUT2D eigenvalue weighted by molar-refractivity contribution is 5.45. The lowest BCUT2D eigenvalue weighted by atomic mass is 9.76. The number of alkyl halides is 6. The monoisotopic (exact) mass is 543 g/mol. The molecule has 1 atom stereocenters. The number of rotatable bonds is 7. The van der Waals surface area contributed by atoms with Gasteiger partial charge in [-0.2, -0.15) is 26.3 Å². The van der Waals surface area contributed by atoms with Gasteiger partial charge < -0.3 is 5.11 Å². The molecule has 2 N–H and O–H groups in total. The predicted octanol–water partition coefficient (Wildman–Crippen LogP) is 8.11. The van der Waals surface area contributed by atoms with Crippen LogP contribution in [0.5, 0.6) is 0 Å². The molecular weight excluding hydrogens is 516 g/mol. The third-order valence-corrected chi connectivity index (χ3v) is 6.78. The average Bonchev–Trinajstić information content (AvgIpc) is 2.88. The van der Waals surface area contributed by atoms with Gasteiger partial charge in [-0.25, -0.2) is 0 Å². The Morgan fingerprint density at radius 3 is 1.64 bits per heavy atom. The smallest absolute Gasteiger partial charge is 0.374 e. The number of aliphatic hydroxyl groups is 1. The number of aliphatic hydroxyl groups excluding tert-OH is 1. The summed E-state index contributed by atoms with van der Waals surface area (Å²) in [6.07, 6.45) is -10.8. The molecule has 4 aromatic rings. The molecule has 8 heteroatoms. The minimum Gasteiger partial charge on any atom is -0.374 e. The molecule has 0 fully saturated rings. The van der Waals surface area contributed by atoms with E-state index in [4.69, 9.17) is 0 Å². The Bertz CT molecular complexity index is 1370. The first kappa shape index (κ1) is 28.4. The summed E-state index contributed by atoms with van der Waals surface area (Å²) in [7, 11) is 0. The Morgan fingerprint density at radius 1 is 0.641 bits per heavy atom. The first-order chi connectivity index (χ1) is 18.3. The zero-order valence-corrected chi connectivity index (χ0v) is 21.2. The number of benzene rings is 4. The molecule has 4 aromatic carbocycles. The second-order valence-corrected chi connectivity index (χ2v) is 9.63. The highest BCUT2D eigenvalue weighted by atomic mass is 19.4. The van der Waals surface area contributed by atoms with E-state index in [9.17, 15) is 31.4 Å². The van der Waals surface area contributed by atoms with Crippen molar-refractivity contribution in [2.24, 2.45) is 0 Å². The van der Waals surface area contributed by atoms with Crippen molar-refractivity contribution in [3.05, 3.63) is 142 Å². The van der Waals surface area contributed by atoms with Gasteiger partial charge in [-0.1, -0.05) is 78.4 Å². The van der Waals surface area contributed by atoms with Crippen LogP contribution in [-0.4, -0.2) is 5.11 Å². The summed E-state index contributed by atoms with van der Waals surface area (Å²) in [5, 5.41) is 14.5. The maximum absolute atomic E-state index is 13.8. The Kier molecular flexibility index (Phi) is 7.91. The molecule has 0 bridgehead atoms. The maximum atomic E-state index is 13.8. The first-order valence-electron chi connectivity index (χ1n) is 12.2. The quantitative estimate of drug-likeness (QED) is 0.182. The van der Waals surface area contributed by atoms with Crippen LogP contribution in [0, 0.1) is 13.8 Å². The van der Waals surface area contributed by atoms with Crippen molar-refractivity contribution < 1.29 is 31.4 Å². The van der Waals surface area contributed by atoms with E-state index < -0.39 is 35.2 Å². The molecule has 0 radical (unpaired) electrons. The topological polar surface area (TPSA) is 32.3 Å². The molecule has 0 saturated heterocycles. The van der Waals surface area contributed by atoms with Crippen LogP contribution < -0.4 is 5.32 Å². The SMILES string of the molecule is Cc1ccc(C(O)NC(Cc2ccccc2)(c2cccc(C(F)(F)F)c2)c2cccc(C(F)(F)F)c2)c(C)c1. The van der Waals surface area contributed by atoms with Gasteiger partial charge >= 0.3 is 12.4 Å². The summed E-state index contributed by atoms with van der Waals surface area (Å²) in [4.78, 5) is 0. The van der Waals surface area contributed by atoms with Gasteiger partial charge in [0.05, 0.1) is 16.7 Å². The van der Waals surface area contributed by atoms with Crippen LogP contribution in [0.25, 0.3) is 0 Å². The summed E-state index contributed by atoms with van der Waals surface area (Å²) in [6, 6.07) is 23.0. The van der Waals surface area contributed by atoms with Crippen molar-refractivity contribution >= 4 is 0 Å².